The number of amides is 2. The van der Waals surface area contributed by atoms with Gasteiger partial charge in [0.05, 0.1) is 4.90 Å². The van der Waals surface area contributed by atoms with Crippen LogP contribution in [-0.2, 0) is 31.4 Å². The molecule has 0 aliphatic carbocycles. The molecule has 236 valence electrons. The molecule has 0 saturated carbocycles. The van der Waals surface area contributed by atoms with E-state index in [1.54, 1.807) is 6.92 Å². The average molecular weight is 647 g/mol. The monoisotopic (exact) mass is 646 g/mol. The summed E-state index contributed by atoms with van der Waals surface area (Å²) in [5, 5.41) is 12.2. The van der Waals surface area contributed by atoms with Gasteiger partial charge in [0, 0.05) is 36.0 Å². The zero-order valence-corrected chi connectivity index (χ0v) is 23.9. The van der Waals surface area contributed by atoms with Gasteiger partial charge >= 0.3 is 12.4 Å². The minimum Gasteiger partial charge on any atom is -0.369 e. The van der Waals surface area contributed by atoms with Crippen LogP contribution in [0.4, 0.5) is 36.4 Å². The Kier molecular flexibility index (Phi) is 8.61. The number of carbonyl (C=O) groups excluding carboxylic acids is 2. The van der Waals surface area contributed by atoms with E-state index in [1.165, 1.54) is 47.4 Å². The van der Waals surface area contributed by atoms with Crippen LogP contribution in [0.3, 0.4) is 0 Å². The van der Waals surface area contributed by atoms with E-state index in [0.717, 1.165) is 6.26 Å². The summed E-state index contributed by atoms with van der Waals surface area (Å²) in [4.78, 5) is 27.6. The van der Waals surface area contributed by atoms with Gasteiger partial charge in [0.25, 0.3) is 11.5 Å². The van der Waals surface area contributed by atoms with E-state index >= 15 is 0 Å². The van der Waals surface area contributed by atoms with Crippen LogP contribution in [0.1, 0.15) is 36.1 Å². The highest BCUT2D eigenvalue weighted by Crippen LogP contribution is 2.50. The van der Waals surface area contributed by atoms with Crippen LogP contribution >= 0.6 is 0 Å². The Morgan fingerprint density at radius 1 is 0.955 bits per heavy atom. The van der Waals surface area contributed by atoms with Crippen LogP contribution in [0.15, 0.2) is 65.6 Å². The molecule has 44 heavy (non-hydrogen) atoms. The molecule has 0 spiro atoms. The van der Waals surface area contributed by atoms with E-state index in [-0.39, 0.29) is 46.6 Å². The molecular weight excluding hydrogens is 621 g/mol. The molecule has 7 nitrogen and oxygen atoms in total. The van der Waals surface area contributed by atoms with E-state index < -0.39 is 51.1 Å². The lowest BCUT2D eigenvalue weighted by Gasteiger charge is -2.36. The van der Waals surface area contributed by atoms with Gasteiger partial charge in [-0.15, -0.1) is 0 Å². The summed E-state index contributed by atoms with van der Waals surface area (Å²) in [6.07, 6.45) is -10.9. The molecule has 1 aliphatic rings. The van der Waals surface area contributed by atoms with E-state index in [1.807, 2.05) is 0 Å². The molecule has 0 saturated heterocycles. The molecule has 0 aromatic heterocycles. The number of rotatable bonds is 6. The molecule has 3 aromatic rings. The van der Waals surface area contributed by atoms with E-state index in [2.05, 4.69) is 5.32 Å². The second-order valence-electron chi connectivity index (χ2n) is 10.2. The number of carbonyl (C=O) groups is 2. The molecule has 15 heteroatoms. The number of hydrogen-bond donors (Lipinski definition) is 2. The van der Waals surface area contributed by atoms with Crippen molar-refractivity contribution >= 4 is 27.3 Å². The SMILES string of the molecule is CCC(=O)N1CCc2cc(S(C)(=O)=O)ccc2C1C(=O)Nc1ccc(-c2ccc(C(O)(C(F)(F)F)C(F)(F)F)cc2F)cc1. The van der Waals surface area contributed by atoms with Gasteiger partial charge < -0.3 is 15.3 Å². The highest BCUT2D eigenvalue weighted by Gasteiger charge is 2.71. The van der Waals surface area contributed by atoms with Crippen molar-refractivity contribution in [2.45, 2.75) is 48.7 Å². The Labute approximate surface area is 247 Å². The fourth-order valence-electron chi connectivity index (χ4n) is 4.99. The van der Waals surface area contributed by atoms with Crippen LogP contribution in [0.25, 0.3) is 11.1 Å². The predicted molar refractivity (Wildman–Crippen MR) is 144 cm³/mol. The summed E-state index contributed by atoms with van der Waals surface area (Å²) >= 11 is 0. The zero-order chi connectivity index (χ0) is 32.8. The zero-order valence-electron chi connectivity index (χ0n) is 23.1. The van der Waals surface area contributed by atoms with Gasteiger partial charge in [-0.05, 0) is 53.4 Å². The van der Waals surface area contributed by atoms with Gasteiger partial charge in [0.15, 0.2) is 9.84 Å². The van der Waals surface area contributed by atoms with E-state index in [4.69, 9.17) is 0 Å². The van der Waals surface area contributed by atoms with Crippen molar-refractivity contribution in [2.24, 2.45) is 0 Å². The first-order chi connectivity index (χ1) is 20.3. The number of sulfone groups is 1. The summed E-state index contributed by atoms with van der Waals surface area (Å²) in [7, 11) is -3.53. The lowest BCUT2D eigenvalue weighted by molar-refractivity contribution is -0.376. The highest BCUT2D eigenvalue weighted by molar-refractivity contribution is 7.90. The Balaban J connectivity index is 1.62. The number of nitrogens with one attached hydrogen (secondary N) is 1. The quantitative estimate of drug-likeness (QED) is 0.336. The predicted octanol–water partition coefficient (Wildman–Crippen LogP) is 5.68. The molecule has 1 heterocycles. The third kappa shape index (κ3) is 6.02. The summed E-state index contributed by atoms with van der Waals surface area (Å²) in [5.41, 5.74) is -6.20. The van der Waals surface area contributed by atoms with Gasteiger partial charge in [-0.3, -0.25) is 9.59 Å². The number of alkyl halides is 6. The van der Waals surface area contributed by atoms with Crippen LogP contribution in [0, 0.1) is 5.82 Å². The van der Waals surface area contributed by atoms with Crippen molar-refractivity contribution in [2.75, 3.05) is 18.1 Å². The molecule has 2 N–H and O–H groups in total. The van der Waals surface area contributed by atoms with Crippen molar-refractivity contribution in [3.05, 3.63) is 83.2 Å². The molecule has 4 rings (SSSR count). The Bertz CT molecular complexity index is 1690. The first-order valence-corrected chi connectivity index (χ1v) is 14.9. The van der Waals surface area contributed by atoms with Crippen molar-refractivity contribution in [1.29, 1.82) is 0 Å². The molecule has 2 amide bonds. The first kappa shape index (κ1) is 32.9. The highest BCUT2D eigenvalue weighted by atomic mass is 32.2. The number of halogens is 7. The average Bonchev–Trinajstić information content (AvgIpc) is 2.94. The molecule has 1 unspecified atom stereocenters. The molecule has 0 bridgehead atoms. The first-order valence-electron chi connectivity index (χ1n) is 13.0. The lowest BCUT2D eigenvalue weighted by atomic mass is 9.90. The van der Waals surface area contributed by atoms with Crippen LogP contribution in [0.5, 0.6) is 0 Å². The molecule has 0 radical (unpaired) electrons. The lowest BCUT2D eigenvalue weighted by Crippen LogP contribution is -2.53. The maximum Gasteiger partial charge on any atom is 0.430 e. The Morgan fingerprint density at radius 3 is 2.09 bits per heavy atom. The van der Waals surface area contributed by atoms with Crippen molar-refractivity contribution in [1.82, 2.24) is 4.90 Å². The van der Waals surface area contributed by atoms with Crippen molar-refractivity contribution < 1.29 is 53.8 Å². The second kappa shape index (κ2) is 11.5. The molecule has 0 fully saturated rings. The topological polar surface area (TPSA) is 104 Å². The van der Waals surface area contributed by atoms with Gasteiger partial charge in [-0.1, -0.05) is 37.3 Å². The van der Waals surface area contributed by atoms with Gasteiger partial charge in [0.1, 0.15) is 11.9 Å². The summed E-state index contributed by atoms with van der Waals surface area (Å²) in [5.74, 6) is -2.42. The maximum absolute atomic E-state index is 14.8. The van der Waals surface area contributed by atoms with Crippen LogP contribution in [-0.4, -0.2) is 55.4 Å². The van der Waals surface area contributed by atoms with E-state index in [9.17, 15) is 53.8 Å². The fraction of sp³-hybridized carbons (Fsp3) is 0.310. The Hall–Kier alpha value is -3.98. The fourth-order valence-corrected chi connectivity index (χ4v) is 5.67. The van der Waals surface area contributed by atoms with Crippen molar-refractivity contribution in [3.63, 3.8) is 0 Å². The Morgan fingerprint density at radius 2 is 1.57 bits per heavy atom. The largest absolute Gasteiger partial charge is 0.430 e. The van der Waals surface area contributed by atoms with Crippen LogP contribution < -0.4 is 5.32 Å². The van der Waals surface area contributed by atoms with Crippen LogP contribution in [0.2, 0.25) is 0 Å². The number of aliphatic hydroxyl groups is 1. The number of nitrogens with zero attached hydrogens (tertiary/aromatic N) is 1. The number of hydrogen-bond acceptors (Lipinski definition) is 5. The standard InChI is InChI=1S/C29H25F7N2O5S/c1-3-24(39)38-13-12-17-14-20(44(2,42)43)9-11-22(17)25(38)26(40)37-19-7-4-16(5-8-19)21-10-6-18(15-23(21)30)27(41,28(31,32)33)29(34,35)36/h4-11,14-15,25,41H,3,12-13H2,1-2H3,(H,37,40). The minimum absolute atomic E-state index is 0.0358. The minimum atomic E-state index is -6.18. The van der Waals surface area contributed by atoms with Gasteiger partial charge in [-0.2, -0.15) is 26.3 Å². The molecule has 3 aromatic carbocycles. The molecule has 1 aliphatic heterocycles. The van der Waals surface area contributed by atoms with Gasteiger partial charge in [-0.25, -0.2) is 12.8 Å². The second-order valence-corrected chi connectivity index (χ2v) is 12.2. The van der Waals surface area contributed by atoms with Gasteiger partial charge in [0.2, 0.25) is 5.91 Å². The maximum atomic E-state index is 14.8. The molecular formula is C29H25F7N2O5S. The third-order valence-electron chi connectivity index (χ3n) is 7.31. The van der Waals surface area contributed by atoms with Crippen molar-refractivity contribution in [3.8, 4) is 11.1 Å². The number of fused-ring (bicyclic) bond motifs is 1. The summed E-state index contributed by atoms with van der Waals surface area (Å²) in [6.45, 7) is 1.77. The third-order valence-corrected chi connectivity index (χ3v) is 8.42. The normalized spacial score (nSPS) is 16.0. The smallest absolute Gasteiger partial charge is 0.369 e. The summed E-state index contributed by atoms with van der Waals surface area (Å²) in [6, 6.07) is 9.25. The van der Waals surface area contributed by atoms with E-state index in [0.29, 0.717) is 29.7 Å². The number of benzene rings is 3. The number of anilines is 1. The summed E-state index contributed by atoms with van der Waals surface area (Å²) < 4.78 is 118. The molecule has 1 atom stereocenters.